The summed E-state index contributed by atoms with van der Waals surface area (Å²) in [4.78, 5) is 48.6. The van der Waals surface area contributed by atoms with E-state index < -0.39 is 23.9 Å². The van der Waals surface area contributed by atoms with Crippen LogP contribution < -0.4 is 5.32 Å². The zero-order chi connectivity index (χ0) is 23.7. The second kappa shape index (κ2) is 8.67. The molecular weight excluding hydrogens is 456 g/mol. The number of carbonyl (C=O) groups excluding carboxylic acids is 3. The Labute approximate surface area is 191 Å². The van der Waals surface area contributed by atoms with Gasteiger partial charge < -0.3 is 24.0 Å². The zero-order valence-corrected chi connectivity index (χ0v) is 17.7. The first-order valence-corrected chi connectivity index (χ1v) is 9.79. The number of methoxy groups -OCH3 is 1. The van der Waals surface area contributed by atoms with Gasteiger partial charge in [-0.3, -0.25) is 9.69 Å². The van der Waals surface area contributed by atoms with E-state index in [0.29, 0.717) is 11.3 Å². The Kier molecular flexibility index (Phi) is 5.76. The first-order chi connectivity index (χ1) is 15.8. The summed E-state index contributed by atoms with van der Waals surface area (Å²) in [6.45, 7) is -0.189. The maximum absolute atomic E-state index is 12.7. The van der Waals surface area contributed by atoms with Gasteiger partial charge in [-0.2, -0.15) is 0 Å². The highest BCUT2D eigenvalue weighted by Crippen LogP contribution is 2.28. The highest BCUT2D eigenvalue weighted by molar-refractivity contribution is 6.33. The molecule has 1 aliphatic heterocycles. The van der Waals surface area contributed by atoms with E-state index >= 15 is 0 Å². The fourth-order valence-corrected chi connectivity index (χ4v) is 3.31. The number of aromatic carboxylic acids is 1. The van der Waals surface area contributed by atoms with E-state index in [9.17, 15) is 24.3 Å². The molecule has 33 heavy (non-hydrogen) atoms. The Balaban J connectivity index is 1.52. The maximum Gasteiger partial charge on any atom is 0.373 e. The van der Waals surface area contributed by atoms with Crippen LogP contribution >= 0.6 is 11.6 Å². The summed E-state index contributed by atoms with van der Waals surface area (Å²) in [7, 11) is 1.21. The molecule has 4 rings (SSSR count). The SMILES string of the molecule is COC(=O)c1ccc(CN2C(=O)NC(=Cc3ccc(-c4ccc(Cl)c(C(=O)O)c4)o3)C2=O)o1. The fraction of sp³-hybridized carbons (Fsp3) is 0.0909. The van der Waals surface area contributed by atoms with Crippen LogP contribution in [0.4, 0.5) is 4.79 Å². The monoisotopic (exact) mass is 470 g/mol. The second-order valence-electron chi connectivity index (χ2n) is 6.84. The first kappa shape index (κ1) is 21.9. The van der Waals surface area contributed by atoms with Crippen molar-refractivity contribution >= 4 is 41.6 Å². The third kappa shape index (κ3) is 4.37. The quantitative estimate of drug-likeness (QED) is 0.315. The van der Waals surface area contributed by atoms with Crippen molar-refractivity contribution in [1.29, 1.82) is 0 Å². The summed E-state index contributed by atoms with van der Waals surface area (Å²) >= 11 is 5.89. The number of imide groups is 1. The lowest BCUT2D eigenvalue weighted by Crippen LogP contribution is -2.30. The number of carboxylic acids is 1. The number of nitrogens with one attached hydrogen (secondary N) is 1. The van der Waals surface area contributed by atoms with Crippen molar-refractivity contribution in [2.45, 2.75) is 6.54 Å². The smallest absolute Gasteiger partial charge is 0.373 e. The molecule has 0 radical (unpaired) electrons. The number of halogens is 1. The molecule has 168 valence electrons. The van der Waals surface area contributed by atoms with Gasteiger partial charge in [-0.25, -0.2) is 14.4 Å². The van der Waals surface area contributed by atoms with E-state index in [0.717, 1.165) is 4.90 Å². The molecule has 0 saturated carbocycles. The number of furan rings is 2. The van der Waals surface area contributed by atoms with Crippen molar-refractivity contribution < 1.29 is 37.9 Å². The third-order valence-corrected chi connectivity index (χ3v) is 5.05. The molecule has 1 fully saturated rings. The van der Waals surface area contributed by atoms with Crippen LogP contribution in [0.2, 0.25) is 5.02 Å². The van der Waals surface area contributed by atoms with Crippen LogP contribution in [0.25, 0.3) is 17.4 Å². The molecule has 11 heteroatoms. The molecule has 1 saturated heterocycles. The normalized spacial score (nSPS) is 14.6. The molecule has 2 N–H and O–H groups in total. The predicted molar refractivity (Wildman–Crippen MR) is 113 cm³/mol. The van der Waals surface area contributed by atoms with Gasteiger partial charge in [0, 0.05) is 11.6 Å². The molecule has 0 bridgehead atoms. The largest absolute Gasteiger partial charge is 0.478 e. The molecule has 1 aromatic carbocycles. The molecule has 10 nitrogen and oxygen atoms in total. The number of urea groups is 1. The Hall–Kier alpha value is -4.31. The molecular formula is C22H15ClN2O8. The van der Waals surface area contributed by atoms with Gasteiger partial charge in [0.25, 0.3) is 5.91 Å². The van der Waals surface area contributed by atoms with Crippen LogP contribution in [0.1, 0.15) is 32.4 Å². The van der Waals surface area contributed by atoms with Gasteiger partial charge in [0.05, 0.1) is 24.2 Å². The second-order valence-corrected chi connectivity index (χ2v) is 7.25. The summed E-state index contributed by atoms with van der Waals surface area (Å²) in [5, 5.41) is 11.8. The van der Waals surface area contributed by atoms with Crippen LogP contribution in [-0.2, 0) is 16.1 Å². The molecule has 3 amide bonds. The Morgan fingerprint density at radius 3 is 2.67 bits per heavy atom. The lowest BCUT2D eigenvalue weighted by atomic mass is 10.1. The molecule has 0 unspecified atom stereocenters. The summed E-state index contributed by atoms with van der Waals surface area (Å²) < 4.78 is 15.5. The number of nitrogens with zero attached hydrogens (tertiary/aromatic N) is 1. The zero-order valence-electron chi connectivity index (χ0n) is 17.0. The van der Waals surface area contributed by atoms with E-state index in [1.165, 1.54) is 37.5 Å². The van der Waals surface area contributed by atoms with Crippen molar-refractivity contribution in [3.8, 4) is 11.3 Å². The molecule has 0 atom stereocenters. The van der Waals surface area contributed by atoms with Crippen LogP contribution in [0.15, 0.2) is 57.0 Å². The number of carbonyl (C=O) groups is 4. The number of amides is 3. The maximum atomic E-state index is 12.7. The van der Waals surface area contributed by atoms with Gasteiger partial charge in [-0.15, -0.1) is 0 Å². The topological polar surface area (TPSA) is 139 Å². The van der Waals surface area contributed by atoms with E-state index in [1.807, 2.05) is 0 Å². The van der Waals surface area contributed by atoms with Crippen LogP contribution in [0.5, 0.6) is 0 Å². The standard InChI is InChI=1S/C22H15ClN2O8/c1-31-21(29)18-7-4-13(33-18)10-25-19(26)16(24-22(25)30)9-12-3-6-17(32-12)11-2-5-15(23)14(8-11)20(27)28/h2-9H,10H2,1H3,(H,24,30)(H,27,28). The minimum absolute atomic E-state index is 0.0250. The highest BCUT2D eigenvalue weighted by atomic mass is 35.5. The number of hydrogen-bond acceptors (Lipinski definition) is 7. The predicted octanol–water partition coefficient (Wildman–Crippen LogP) is 3.77. The fourth-order valence-electron chi connectivity index (χ4n) is 3.11. The van der Waals surface area contributed by atoms with Crippen LogP contribution in [-0.4, -0.2) is 41.0 Å². The molecule has 2 aromatic heterocycles. The van der Waals surface area contributed by atoms with Crippen molar-refractivity contribution in [2.24, 2.45) is 0 Å². The number of benzene rings is 1. The Bertz CT molecular complexity index is 1320. The molecule has 0 spiro atoms. The van der Waals surface area contributed by atoms with E-state index in [4.69, 9.17) is 20.4 Å². The number of rotatable bonds is 6. The summed E-state index contributed by atoms with van der Waals surface area (Å²) in [5.41, 5.74) is 0.375. The third-order valence-electron chi connectivity index (χ3n) is 4.72. The van der Waals surface area contributed by atoms with Gasteiger partial charge in [0.15, 0.2) is 0 Å². The number of ether oxygens (including phenoxy) is 1. The van der Waals surface area contributed by atoms with Crippen molar-refractivity contribution in [1.82, 2.24) is 10.2 Å². The summed E-state index contributed by atoms with van der Waals surface area (Å²) in [5.74, 6) is -1.69. The van der Waals surface area contributed by atoms with Crippen LogP contribution in [0, 0.1) is 0 Å². The lowest BCUT2D eigenvalue weighted by Gasteiger charge is -2.09. The Morgan fingerprint density at radius 2 is 1.94 bits per heavy atom. The van der Waals surface area contributed by atoms with E-state index in [2.05, 4.69) is 10.1 Å². The molecule has 0 aliphatic carbocycles. The molecule has 3 heterocycles. The minimum Gasteiger partial charge on any atom is -0.478 e. The van der Waals surface area contributed by atoms with E-state index in [1.54, 1.807) is 18.2 Å². The average Bonchev–Trinajstić information content (AvgIpc) is 3.51. The van der Waals surface area contributed by atoms with Gasteiger partial charge in [0.2, 0.25) is 5.76 Å². The summed E-state index contributed by atoms with van der Waals surface area (Å²) in [6.07, 6.45) is 1.35. The Morgan fingerprint density at radius 1 is 1.15 bits per heavy atom. The molecule has 1 aliphatic rings. The minimum atomic E-state index is -1.18. The van der Waals surface area contributed by atoms with Crippen molar-refractivity contribution in [3.05, 3.63) is 76.0 Å². The number of hydrogen-bond donors (Lipinski definition) is 2. The van der Waals surface area contributed by atoms with Crippen molar-refractivity contribution in [3.63, 3.8) is 0 Å². The van der Waals surface area contributed by atoms with Gasteiger partial charge >= 0.3 is 18.0 Å². The number of esters is 1. The first-order valence-electron chi connectivity index (χ1n) is 9.41. The summed E-state index contributed by atoms with van der Waals surface area (Å²) in [6, 6.07) is 9.75. The van der Waals surface area contributed by atoms with Gasteiger partial charge in [0.1, 0.15) is 23.0 Å². The molecule has 3 aromatic rings. The number of carboxylic acid groups (broad SMARTS) is 1. The van der Waals surface area contributed by atoms with Crippen LogP contribution in [0.3, 0.4) is 0 Å². The van der Waals surface area contributed by atoms with Crippen molar-refractivity contribution in [2.75, 3.05) is 7.11 Å². The van der Waals surface area contributed by atoms with Gasteiger partial charge in [-0.05, 0) is 42.5 Å². The van der Waals surface area contributed by atoms with Gasteiger partial charge in [-0.1, -0.05) is 11.6 Å². The lowest BCUT2D eigenvalue weighted by molar-refractivity contribution is -0.123. The highest BCUT2D eigenvalue weighted by Gasteiger charge is 2.34. The average molecular weight is 471 g/mol. The van der Waals surface area contributed by atoms with E-state index in [-0.39, 0.29) is 40.1 Å².